The Kier molecular flexibility index (Phi) is 10.4. The van der Waals surface area contributed by atoms with Crippen LogP contribution in [0, 0.1) is 0 Å². The molecule has 0 bridgehead atoms. The van der Waals surface area contributed by atoms with E-state index in [4.69, 9.17) is 4.74 Å². The molecule has 0 aromatic heterocycles. The fourth-order valence-electron chi connectivity index (χ4n) is 1.23. The van der Waals surface area contributed by atoms with Crippen LogP contribution >= 0.6 is 0 Å². The Morgan fingerprint density at radius 2 is 1.33 bits per heavy atom. The van der Waals surface area contributed by atoms with Crippen molar-refractivity contribution in [1.29, 1.82) is 0 Å². The van der Waals surface area contributed by atoms with Crippen molar-refractivity contribution < 1.29 is 33.2 Å². The average molecular weight is 287 g/mol. The van der Waals surface area contributed by atoms with Gasteiger partial charge in [-0.1, -0.05) is 0 Å². The van der Waals surface area contributed by atoms with Crippen LogP contribution in [0.5, 0.6) is 0 Å². The Labute approximate surface area is 93.9 Å². The van der Waals surface area contributed by atoms with E-state index >= 15 is 0 Å². The number of ether oxygens (including phenoxy) is 1. The third-order valence-corrected chi connectivity index (χ3v) is 2.58. The summed E-state index contributed by atoms with van der Waals surface area (Å²) >= 11 is 0. The van der Waals surface area contributed by atoms with Gasteiger partial charge in [0.2, 0.25) is 0 Å². The van der Waals surface area contributed by atoms with Crippen molar-refractivity contribution >= 4 is 0 Å². The Hall–Kier alpha value is 0.650. The lowest BCUT2D eigenvalue weighted by atomic mass is 10.4. The number of nitrogens with zero attached hydrogens (tertiary/aromatic N) is 1. The number of hydrogen-bond acceptors (Lipinski definition) is 1. The molecule has 2 nitrogen and oxygen atoms in total. The molecule has 0 aromatic rings. The SMILES string of the molecule is CCOC[N+](CC)(CC)CC.[I-]. The van der Waals surface area contributed by atoms with Gasteiger partial charge in [-0.15, -0.1) is 0 Å². The van der Waals surface area contributed by atoms with Crippen molar-refractivity contribution in [2.24, 2.45) is 0 Å². The molecular weight excluding hydrogens is 265 g/mol. The Balaban J connectivity index is 0. The van der Waals surface area contributed by atoms with Crippen LogP contribution in [0.25, 0.3) is 0 Å². The summed E-state index contributed by atoms with van der Waals surface area (Å²) < 4.78 is 6.54. The number of hydrogen-bond donors (Lipinski definition) is 0. The zero-order chi connectivity index (χ0) is 8.74. The van der Waals surface area contributed by atoms with E-state index in [9.17, 15) is 0 Å². The van der Waals surface area contributed by atoms with Crippen molar-refractivity contribution in [2.75, 3.05) is 33.0 Å². The van der Waals surface area contributed by atoms with Gasteiger partial charge in [-0.3, -0.25) is 0 Å². The standard InChI is InChI=1S/C9H22NO.HI/c1-5-10(6-2,7-3)9-11-8-4;/h5-9H2,1-4H3;1H/q+1;/p-1. The first kappa shape index (κ1) is 15.1. The maximum Gasteiger partial charge on any atom is 0.183 e. The fourth-order valence-corrected chi connectivity index (χ4v) is 1.23. The normalized spacial score (nSPS) is 11.0. The Bertz CT molecular complexity index is 86.3. The van der Waals surface area contributed by atoms with Crippen LogP contribution < -0.4 is 24.0 Å². The van der Waals surface area contributed by atoms with Crippen LogP contribution in [0.3, 0.4) is 0 Å². The van der Waals surface area contributed by atoms with Crippen molar-refractivity contribution in [1.82, 2.24) is 0 Å². The predicted octanol–water partition coefficient (Wildman–Crippen LogP) is -1.14. The quantitative estimate of drug-likeness (QED) is 0.341. The van der Waals surface area contributed by atoms with Gasteiger partial charge in [0.05, 0.1) is 19.6 Å². The highest BCUT2D eigenvalue weighted by Crippen LogP contribution is 2.04. The van der Waals surface area contributed by atoms with Crippen molar-refractivity contribution in [3.05, 3.63) is 0 Å². The lowest BCUT2D eigenvalue weighted by molar-refractivity contribution is -0.941. The number of halogens is 1. The van der Waals surface area contributed by atoms with E-state index in [-0.39, 0.29) is 24.0 Å². The first-order chi connectivity index (χ1) is 5.24. The fraction of sp³-hybridized carbons (Fsp3) is 1.00. The first-order valence-corrected chi connectivity index (χ1v) is 4.67. The molecule has 0 unspecified atom stereocenters. The third kappa shape index (κ3) is 4.62. The van der Waals surface area contributed by atoms with E-state index in [0.717, 1.165) is 17.8 Å². The minimum absolute atomic E-state index is 0. The molecule has 0 saturated carbocycles. The second-order valence-corrected chi connectivity index (χ2v) is 2.91. The van der Waals surface area contributed by atoms with Gasteiger partial charge in [-0.25, -0.2) is 0 Å². The highest BCUT2D eigenvalue weighted by Gasteiger charge is 2.19. The molecule has 0 saturated heterocycles. The van der Waals surface area contributed by atoms with Crippen LogP contribution in [0.2, 0.25) is 0 Å². The van der Waals surface area contributed by atoms with Gasteiger partial charge in [-0.05, 0) is 27.7 Å². The first-order valence-electron chi connectivity index (χ1n) is 4.67. The number of quaternary nitrogens is 1. The van der Waals surface area contributed by atoms with Crippen molar-refractivity contribution in [2.45, 2.75) is 27.7 Å². The summed E-state index contributed by atoms with van der Waals surface area (Å²) in [5.74, 6) is 0. The van der Waals surface area contributed by atoms with Gasteiger partial charge in [0.25, 0.3) is 0 Å². The van der Waals surface area contributed by atoms with E-state index < -0.39 is 0 Å². The molecule has 0 amide bonds. The molecule has 3 heteroatoms. The van der Waals surface area contributed by atoms with E-state index in [0.29, 0.717) is 0 Å². The average Bonchev–Trinajstić information content (AvgIpc) is 2.08. The summed E-state index contributed by atoms with van der Waals surface area (Å²) in [4.78, 5) is 0. The minimum atomic E-state index is 0. The van der Waals surface area contributed by atoms with E-state index in [1.807, 2.05) is 0 Å². The Morgan fingerprint density at radius 3 is 1.58 bits per heavy atom. The molecule has 0 spiro atoms. The molecule has 0 heterocycles. The third-order valence-electron chi connectivity index (χ3n) is 2.58. The molecule has 0 aliphatic carbocycles. The van der Waals surface area contributed by atoms with Gasteiger partial charge in [0.1, 0.15) is 0 Å². The monoisotopic (exact) mass is 287 g/mol. The highest BCUT2D eigenvalue weighted by molar-refractivity contribution is 4.29. The van der Waals surface area contributed by atoms with E-state index in [1.165, 1.54) is 19.6 Å². The summed E-state index contributed by atoms with van der Waals surface area (Å²) in [6.07, 6.45) is 0. The molecule has 0 atom stereocenters. The second kappa shape index (κ2) is 8.26. The van der Waals surface area contributed by atoms with Crippen LogP contribution in [-0.2, 0) is 4.74 Å². The van der Waals surface area contributed by atoms with Crippen LogP contribution in [-0.4, -0.2) is 37.5 Å². The minimum Gasteiger partial charge on any atom is -1.00 e. The summed E-state index contributed by atoms with van der Waals surface area (Å²) in [6.45, 7) is 14.0. The largest absolute Gasteiger partial charge is 1.00 e. The maximum atomic E-state index is 5.44. The molecule has 0 fully saturated rings. The molecule has 0 aliphatic rings. The molecular formula is C9H22INO. The Morgan fingerprint density at radius 1 is 0.917 bits per heavy atom. The van der Waals surface area contributed by atoms with Crippen LogP contribution in [0.15, 0.2) is 0 Å². The zero-order valence-corrected chi connectivity index (χ0v) is 10.9. The smallest absolute Gasteiger partial charge is 0.183 e. The summed E-state index contributed by atoms with van der Waals surface area (Å²) in [7, 11) is 0. The highest BCUT2D eigenvalue weighted by atomic mass is 127. The zero-order valence-electron chi connectivity index (χ0n) is 8.77. The lowest BCUT2D eigenvalue weighted by Crippen LogP contribution is -3.00. The van der Waals surface area contributed by atoms with E-state index in [2.05, 4.69) is 27.7 Å². The van der Waals surface area contributed by atoms with E-state index in [1.54, 1.807) is 0 Å². The second-order valence-electron chi connectivity index (χ2n) is 2.91. The molecule has 0 radical (unpaired) electrons. The molecule has 12 heavy (non-hydrogen) atoms. The summed E-state index contributed by atoms with van der Waals surface area (Å²) in [5.41, 5.74) is 0. The van der Waals surface area contributed by atoms with Crippen molar-refractivity contribution in [3.63, 3.8) is 0 Å². The maximum absolute atomic E-state index is 5.44. The molecule has 76 valence electrons. The summed E-state index contributed by atoms with van der Waals surface area (Å²) in [5, 5.41) is 0. The topological polar surface area (TPSA) is 9.23 Å². The van der Waals surface area contributed by atoms with Gasteiger partial charge in [0.15, 0.2) is 6.73 Å². The van der Waals surface area contributed by atoms with Gasteiger partial charge >= 0.3 is 0 Å². The number of rotatable bonds is 6. The molecule has 0 aromatic carbocycles. The van der Waals surface area contributed by atoms with Gasteiger partial charge in [-0.2, -0.15) is 0 Å². The lowest BCUT2D eigenvalue weighted by Gasteiger charge is -2.34. The predicted molar refractivity (Wildman–Crippen MR) is 48.4 cm³/mol. The van der Waals surface area contributed by atoms with Gasteiger partial charge < -0.3 is 33.2 Å². The van der Waals surface area contributed by atoms with Crippen molar-refractivity contribution in [3.8, 4) is 0 Å². The van der Waals surface area contributed by atoms with Crippen LogP contribution in [0.4, 0.5) is 0 Å². The van der Waals surface area contributed by atoms with Gasteiger partial charge in [0, 0.05) is 6.61 Å². The molecule has 0 rings (SSSR count). The molecule has 0 aliphatic heterocycles. The molecule has 0 N–H and O–H groups in total. The summed E-state index contributed by atoms with van der Waals surface area (Å²) in [6, 6.07) is 0. The van der Waals surface area contributed by atoms with Crippen LogP contribution in [0.1, 0.15) is 27.7 Å².